The number of rotatable bonds is 4. The van der Waals surface area contributed by atoms with Gasteiger partial charge in [-0.1, -0.05) is 33.6 Å². The first-order chi connectivity index (χ1) is 9.39. The van der Waals surface area contributed by atoms with Crippen LogP contribution in [0.3, 0.4) is 0 Å². The third-order valence-electron chi connectivity index (χ3n) is 4.15. The summed E-state index contributed by atoms with van der Waals surface area (Å²) in [5, 5.41) is 0. The van der Waals surface area contributed by atoms with E-state index < -0.39 is 6.04 Å². The van der Waals surface area contributed by atoms with E-state index in [0.29, 0.717) is 12.6 Å². The molecule has 0 spiro atoms. The van der Waals surface area contributed by atoms with Gasteiger partial charge in [0.05, 0.1) is 18.8 Å². The second-order valence-corrected chi connectivity index (χ2v) is 6.83. The Balaban J connectivity index is 2.15. The first-order valence-corrected chi connectivity index (χ1v) is 7.48. The van der Waals surface area contributed by atoms with Crippen LogP contribution in [-0.4, -0.2) is 22.9 Å². The van der Waals surface area contributed by atoms with Crippen LogP contribution in [0, 0.1) is 5.41 Å². The van der Waals surface area contributed by atoms with E-state index in [0.717, 1.165) is 18.6 Å². The van der Waals surface area contributed by atoms with Crippen LogP contribution in [0.4, 0.5) is 0 Å². The standard InChI is InChI=1S/C16H26N2O2/c1-16(2,3)14(17)15(19)18(12-7-4-5-8-12)11-13-9-6-10-20-13/h6,9-10,12,14H,4-5,7-8,11,17H2,1-3H3/t14-/m0/s1. The molecule has 0 radical (unpaired) electrons. The summed E-state index contributed by atoms with van der Waals surface area (Å²) in [7, 11) is 0. The minimum Gasteiger partial charge on any atom is -0.467 e. The highest BCUT2D eigenvalue weighted by atomic mass is 16.3. The van der Waals surface area contributed by atoms with Crippen LogP contribution >= 0.6 is 0 Å². The molecule has 1 aliphatic rings. The Morgan fingerprint density at radius 3 is 2.60 bits per heavy atom. The molecule has 1 saturated carbocycles. The molecule has 1 aromatic rings. The van der Waals surface area contributed by atoms with E-state index >= 15 is 0 Å². The predicted octanol–water partition coefficient (Wildman–Crippen LogP) is 2.92. The van der Waals surface area contributed by atoms with Crippen molar-refractivity contribution in [2.45, 2.75) is 65.1 Å². The van der Waals surface area contributed by atoms with Crippen molar-refractivity contribution in [3.05, 3.63) is 24.2 Å². The third-order valence-corrected chi connectivity index (χ3v) is 4.15. The minimum atomic E-state index is -0.474. The van der Waals surface area contributed by atoms with Crippen LogP contribution in [0.25, 0.3) is 0 Å². The van der Waals surface area contributed by atoms with Gasteiger partial charge in [0, 0.05) is 6.04 Å². The fraction of sp³-hybridized carbons (Fsp3) is 0.688. The van der Waals surface area contributed by atoms with Gasteiger partial charge < -0.3 is 15.1 Å². The summed E-state index contributed by atoms with van der Waals surface area (Å²) in [5.41, 5.74) is 5.94. The summed E-state index contributed by atoms with van der Waals surface area (Å²) < 4.78 is 5.40. The summed E-state index contributed by atoms with van der Waals surface area (Å²) in [6, 6.07) is 3.60. The molecule has 1 aromatic heterocycles. The fourth-order valence-electron chi connectivity index (χ4n) is 2.72. The van der Waals surface area contributed by atoms with Gasteiger partial charge in [-0.2, -0.15) is 0 Å². The summed E-state index contributed by atoms with van der Waals surface area (Å²) in [4.78, 5) is 14.7. The number of nitrogens with two attached hydrogens (primary N) is 1. The van der Waals surface area contributed by atoms with E-state index in [2.05, 4.69) is 0 Å². The largest absolute Gasteiger partial charge is 0.467 e. The van der Waals surface area contributed by atoms with E-state index in [1.54, 1.807) is 6.26 Å². The van der Waals surface area contributed by atoms with Crippen molar-refractivity contribution in [2.24, 2.45) is 11.1 Å². The van der Waals surface area contributed by atoms with Crippen molar-refractivity contribution in [2.75, 3.05) is 0 Å². The number of hydrogen-bond acceptors (Lipinski definition) is 3. The normalized spacial score (nSPS) is 18.2. The average Bonchev–Trinajstić information content (AvgIpc) is 3.05. The van der Waals surface area contributed by atoms with Gasteiger partial charge in [0.25, 0.3) is 0 Å². The lowest BCUT2D eigenvalue weighted by atomic mass is 9.86. The number of carbonyl (C=O) groups is 1. The van der Waals surface area contributed by atoms with Crippen molar-refractivity contribution >= 4 is 5.91 Å². The molecule has 1 amide bonds. The Kier molecular flexibility index (Phi) is 4.53. The molecule has 0 bridgehead atoms. The highest BCUT2D eigenvalue weighted by Gasteiger charge is 2.35. The van der Waals surface area contributed by atoms with Crippen molar-refractivity contribution in [3.63, 3.8) is 0 Å². The third kappa shape index (κ3) is 3.42. The molecule has 0 aliphatic heterocycles. The summed E-state index contributed by atoms with van der Waals surface area (Å²) >= 11 is 0. The first kappa shape index (κ1) is 15.1. The topological polar surface area (TPSA) is 59.5 Å². The van der Waals surface area contributed by atoms with Crippen LogP contribution in [0.1, 0.15) is 52.2 Å². The van der Waals surface area contributed by atoms with Crippen molar-refractivity contribution in [1.29, 1.82) is 0 Å². The highest BCUT2D eigenvalue weighted by molar-refractivity contribution is 5.82. The maximum absolute atomic E-state index is 12.8. The molecule has 0 saturated heterocycles. The van der Waals surface area contributed by atoms with E-state index in [1.165, 1.54) is 12.8 Å². The molecular formula is C16H26N2O2. The monoisotopic (exact) mass is 278 g/mol. The van der Waals surface area contributed by atoms with Gasteiger partial charge in [-0.05, 0) is 30.4 Å². The Bertz CT molecular complexity index is 428. The number of carbonyl (C=O) groups excluding carboxylic acids is 1. The van der Waals surface area contributed by atoms with Crippen molar-refractivity contribution < 1.29 is 9.21 Å². The van der Waals surface area contributed by atoms with E-state index in [-0.39, 0.29) is 11.3 Å². The van der Waals surface area contributed by atoms with Crippen LogP contribution in [0.5, 0.6) is 0 Å². The minimum absolute atomic E-state index is 0.0424. The lowest BCUT2D eigenvalue weighted by Crippen LogP contribution is -2.52. The fourth-order valence-corrected chi connectivity index (χ4v) is 2.72. The summed E-state index contributed by atoms with van der Waals surface area (Å²) in [6.07, 6.45) is 6.18. The number of amides is 1. The maximum atomic E-state index is 12.8. The van der Waals surface area contributed by atoms with Gasteiger partial charge in [0.2, 0.25) is 5.91 Å². The second kappa shape index (κ2) is 6.00. The van der Waals surface area contributed by atoms with E-state index in [4.69, 9.17) is 10.2 Å². The Morgan fingerprint density at radius 2 is 2.10 bits per heavy atom. The molecule has 0 unspecified atom stereocenters. The molecule has 4 heteroatoms. The molecule has 1 aliphatic carbocycles. The van der Waals surface area contributed by atoms with E-state index in [9.17, 15) is 4.79 Å². The second-order valence-electron chi connectivity index (χ2n) is 6.83. The zero-order valence-electron chi connectivity index (χ0n) is 12.8. The zero-order chi connectivity index (χ0) is 14.8. The van der Waals surface area contributed by atoms with Crippen LogP contribution in [-0.2, 0) is 11.3 Å². The molecule has 2 rings (SSSR count). The van der Waals surface area contributed by atoms with Crippen molar-refractivity contribution in [1.82, 2.24) is 4.90 Å². The lowest BCUT2D eigenvalue weighted by molar-refractivity contribution is -0.138. The first-order valence-electron chi connectivity index (χ1n) is 7.48. The Morgan fingerprint density at radius 1 is 1.45 bits per heavy atom. The van der Waals surface area contributed by atoms with E-state index in [1.807, 2.05) is 37.8 Å². The molecule has 20 heavy (non-hydrogen) atoms. The SMILES string of the molecule is CC(C)(C)[C@@H](N)C(=O)N(Cc1ccco1)C1CCCC1. The number of furan rings is 1. The summed E-state index contributed by atoms with van der Waals surface area (Å²) in [6.45, 7) is 6.56. The van der Waals surface area contributed by atoms with Crippen molar-refractivity contribution in [3.8, 4) is 0 Å². The molecule has 1 atom stereocenters. The van der Waals surface area contributed by atoms with Gasteiger partial charge in [0.1, 0.15) is 5.76 Å². The van der Waals surface area contributed by atoms with Gasteiger partial charge in [-0.3, -0.25) is 4.79 Å². The number of nitrogens with zero attached hydrogens (tertiary/aromatic N) is 1. The van der Waals surface area contributed by atoms with Gasteiger partial charge >= 0.3 is 0 Å². The van der Waals surface area contributed by atoms with Crippen LogP contribution in [0.15, 0.2) is 22.8 Å². The predicted molar refractivity (Wildman–Crippen MR) is 78.9 cm³/mol. The Labute approximate surface area is 121 Å². The van der Waals surface area contributed by atoms with Gasteiger partial charge in [-0.25, -0.2) is 0 Å². The number of hydrogen-bond donors (Lipinski definition) is 1. The molecule has 1 fully saturated rings. The maximum Gasteiger partial charge on any atom is 0.240 e. The quantitative estimate of drug-likeness (QED) is 0.921. The highest BCUT2D eigenvalue weighted by Crippen LogP contribution is 2.28. The Hall–Kier alpha value is -1.29. The molecule has 2 N–H and O–H groups in total. The molecule has 112 valence electrons. The smallest absolute Gasteiger partial charge is 0.240 e. The van der Waals surface area contributed by atoms with Crippen LogP contribution < -0.4 is 5.73 Å². The molecule has 1 heterocycles. The van der Waals surface area contributed by atoms with Crippen LogP contribution in [0.2, 0.25) is 0 Å². The molecular weight excluding hydrogens is 252 g/mol. The zero-order valence-corrected chi connectivity index (χ0v) is 12.8. The molecule has 0 aromatic carbocycles. The van der Waals surface area contributed by atoms with Gasteiger partial charge in [0.15, 0.2) is 0 Å². The average molecular weight is 278 g/mol. The summed E-state index contributed by atoms with van der Waals surface area (Å²) in [5.74, 6) is 0.868. The lowest BCUT2D eigenvalue weighted by Gasteiger charge is -2.35. The van der Waals surface area contributed by atoms with Gasteiger partial charge in [-0.15, -0.1) is 0 Å². The molecule has 4 nitrogen and oxygen atoms in total.